The van der Waals surface area contributed by atoms with Gasteiger partial charge in [0.15, 0.2) is 0 Å². The van der Waals surface area contributed by atoms with Gasteiger partial charge in [-0.15, -0.1) is 11.3 Å². The van der Waals surface area contributed by atoms with Crippen molar-refractivity contribution in [1.82, 2.24) is 10.6 Å². The molecule has 1 heterocycles. The number of hydrogen-bond acceptors (Lipinski definition) is 3. The zero-order valence-corrected chi connectivity index (χ0v) is 15.7. The van der Waals surface area contributed by atoms with E-state index in [0.29, 0.717) is 11.8 Å². The number of thiophene rings is 1. The molecular weight excluding hydrogens is 332 g/mol. The average molecular weight is 361 g/mol. The largest absolute Gasteiger partial charge is 0.355 e. The molecule has 0 unspecified atom stereocenters. The number of hydrogen-bond donors (Lipinski definition) is 2. The van der Waals surface area contributed by atoms with Crippen molar-refractivity contribution in [3.63, 3.8) is 0 Å². The van der Waals surface area contributed by atoms with E-state index in [0.717, 1.165) is 29.2 Å². The molecule has 0 spiro atoms. The maximum absolute atomic E-state index is 12.6. The standard InChI is InChI=1S/C20H28N2O2S/c1-13(23)22-17(18-3-2-4-25-18)8-19(24)21-12-20-9-14-5-15(10-20)7-16(6-14)11-20/h2-4,14-17H,5-12H2,1H3,(H,21,24)(H,22,23)/t14?,15?,16?,17-,20?/m1/s1. The Labute approximate surface area is 153 Å². The van der Waals surface area contributed by atoms with E-state index < -0.39 is 0 Å². The van der Waals surface area contributed by atoms with E-state index in [1.807, 2.05) is 17.5 Å². The van der Waals surface area contributed by atoms with Crippen LogP contribution in [0.5, 0.6) is 0 Å². The molecule has 1 aromatic heterocycles. The van der Waals surface area contributed by atoms with Crippen LogP contribution in [0, 0.1) is 23.2 Å². The van der Waals surface area contributed by atoms with Crippen LogP contribution in [0.25, 0.3) is 0 Å². The van der Waals surface area contributed by atoms with Crippen LogP contribution in [0.15, 0.2) is 17.5 Å². The highest BCUT2D eigenvalue weighted by Crippen LogP contribution is 2.59. The lowest BCUT2D eigenvalue weighted by Gasteiger charge is -2.56. The molecule has 1 aromatic rings. The minimum absolute atomic E-state index is 0.0582. The molecule has 0 aliphatic heterocycles. The second-order valence-corrected chi connectivity index (χ2v) is 9.65. The molecule has 0 saturated heterocycles. The Morgan fingerprint density at radius 2 is 1.84 bits per heavy atom. The summed E-state index contributed by atoms with van der Waals surface area (Å²) in [5.74, 6) is 2.68. The molecule has 5 heteroatoms. The smallest absolute Gasteiger partial charge is 0.222 e. The summed E-state index contributed by atoms with van der Waals surface area (Å²) in [6, 6.07) is 3.73. The number of rotatable bonds is 6. The first-order valence-corrected chi connectivity index (χ1v) is 10.5. The van der Waals surface area contributed by atoms with E-state index in [4.69, 9.17) is 0 Å². The summed E-state index contributed by atoms with van der Waals surface area (Å²) in [5, 5.41) is 8.12. The highest BCUT2D eigenvalue weighted by molar-refractivity contribution is 7.10. The van der Waals surface area contributed by atoms with Crippen LogP contribution >= 0.6 is 11.3 Å². The Kier molecular flexibility index (Phi) is 4.61. The van der Waals surface area contributed by atoms with E-state index in [9.17, 15) is 9.59 Å². The van der Waals surface area contributed by atoms with Gasteiger partial charge in [-0.05, 0) is 73.1 Å². The lowest BCUT2D eigenvalue weighted by Crippen LogP contribution is -2.51. The molecule has 25 heavy (non-hydrogen) atoms. The minimum Gasteiger partial charge on any atom is -0.355 e. The molecule has 2 amide bonds. The second kappa shape index (κ2) is 6.75. The maximum atomic E-state index is 12.6. The number of carbonyl (C=O) groups excluding carboxylic acids is 2. The topological polar surface area (TPSA) is 58.2 Å². The molecule has 4 aliphatic carbocycles. The quantitative estimate of drug-likeness (QED) is 0.813. The Morgan fingerprint density at radius 1 is 1.20 bits per heavy atom. The number of nitrogens with one attached hydrogen (secondary N) is 2. The summed E-state index contributed by atoms with van der Waals surface area (Å²) in [5.41, 5.74) is 0.358. The van der Waals surface area contributed by atoms with Crippen molar-refractivity contribution < 1.29 is 9.59 Å². The van der Waals surface area contributed by atoms with Crippen molar-refractivity contribution in [1.29, 1.82) is 0 Å². The maximum Gasteiger partial charge on any atom is 0.222 e. The molecule has 0 aromatic carbocycles. The first-order valence-electron chi connectivity index (χ1n) is 9.58. The van der Waals surface area contributed by atoms with Gasteiger partial charge >= 0.3 is 0 Å². The van der Waals surface area contributed by atoms with Crippen LogP contribution in [0.3, 0.4) is 0 Å². The van der Waals surface area contributed by atoms with Gasteiger partial charge in [-0.3, -0.25) is 9.59 Å². The molecule has 4 bridgehead atoms. The Balaban J connectivity index is 1.35. The molecule has 4 fully saturated rings. The Hall–Kier alpha value is -1.36. The fraction of sp³-hybridized carbons (Fsp3) is 0.700. The van der Waals surface area contributed by atoms with Crippen LogP contribution in [0.1, 0.15) is 62.8 Å². The van der Waals surface area contributed by atoms with Crippen molar-refractivity contribution in [3.8, 4) is 0 Å². The summed E-state index contributed by atoms with van der Waals surface area (Å²) < 4.78 is 0. The van der Waals surface area contributed by atoms with Gasteiger partial charge in [0.1, 0.15) is 0 Å². The minimum atomic E-state index is -0.214. The van der Waals surface area contributed by atoms with Crippen LogP contribution in [-0.4, -0.2) is 18.4 Å². The normalized spacial score (nSPS) is 33.9. The zero-order chi connectivity index (χ0) is 17.4. The predicted molar refractivity (Wildman–Crippen MR) is 99.1 cm³/mol. The third-order valence-corrected chi connectivity index (χ3v) is 7.47. The predicted octanol–water partition coefficient (Wildman–Crippen LogP) is 3.65. The summed E-state index contributed by atoms with van der Waals surface area (Å²) >= 11 is 1.59. The van der Waals surface area contributed by atoms with Crippen molar-refractivity contribution in [2.24, 2.45) is 23.2 Å². The molecule has 4 nitrogen and oxygen atoms in total. The molecule has 5 rings (SSSR count). The molecule has 136 valence electrons. The molecular formula is C20H28N2O2S. The van der Waals surface area contributed by atoms with Gasteiger partial charge < -0.3 is 10.6 Å². The van der Waals surface area contributed by atoms with Gasteiger partial charge in [0.2, 0.25) is 11.8 Å². The van der Waals surface area contributed by atoms with Crippen molar-refractivity contribution in [3.05, 3.63) is 22.4 Å². The molecule has 4 saturated carbocycles. The first-order chi connectivity index (χ1) is 12.0. The van der Waals surface area contributed by atoms with Gasteiger partial charge in [0, 0.05) is 18.3 Å². The summed E-state index contributed by atoms with van der Waals surface area (Å²) in [7, 11) is 0. The monoisotopic (exact) mass is 360 g/mol. The fourth-order valence-electron chi connectivity index (χ4n) is 6.01. The van der Waals surface area contributed by atoms with Crippen LogP contribution in [0.4, 0.5) is 0 Å². The lowest BCUT2D eigenvalue weighted by molar-refractivity contribution is -0.124. The molecule has 4 aliphatic rings. The third kappa shape index (κ3) is 3.76. The Bertz CT molecular complexity index is 605. The first kappa shape index (κ1) is 17.1. The number of amides is 2. The SMILES string of the molecule is CC(=O)N[C@H](CC(=O)NCC12CC3CC(CC(C3)C1)C2)c1cccs1. The van der Waals surface area contributed by atoms with Gasteiger partial charge in [0.05, 0.1) is 12.5 Å². The Morgan fingerprint density at radius 3 is 2.36 bits per heavy atom. The average Bonchev–Trinajstić information content (AvgIpc) is 3.05. The molecule has 1 atom stereocenters. The summed E-state index contributed by atoms with van der Waals surface area (Å²) in [4.78, 5) is 25.1. The summed E-state index contributed by atoms with van der Waals surface area (Å²) in [6.45, 7) is 2.33. The van der Waals surface area contributed by atoms with E-state index in [2.05, 4.69) is 10.6 Å². The van der Waals surface area contributed by atoms with Crippen molar-refractivity contribution in [2.45, 2.75) is 57.9 Å². The second-order valence-electron chi connectivity index (χ2n) is 8.67. The van der Waals surface area contributed by atoms with E-state index in [1.165, 1.54) is 45.4 Å². The number of carbonyl (C=O) groups is 2. The van der Waals surface area contributed by atoms with E-state index in [-0.39, 0.29) is 17.9 Å². The summed E-state index contributed by atoms with van der Waals surface area (Å²) in [6.07, 6.45) is 8.52. The highest BCUT2D eigenvalue weighted by atomic mass is 32.1. The van der Waals surface area contributed by atoms with Gasteiger partial charge in [-0.2, -0.15) is 0 Å². The van der Waals surface area contributed by atoms with Gasteiger partial charge in [-0.1, -0.05) is 6.07 Å². The molecule has 0 radical (unpaired) electrons. The van der Waals surface area contributed by atoms with Crippen molar-refractivity contribution in [2.75, 3.05) is 6.54 Å². The van der Waals surface area contributed by atoms with E-state index in [1.54, 1.807) is 11.3 Å². The third-order valence-electron chi connectivity index (χ3n) is 6.48. The fourth-order valence-corrected chi connectivity index (χ4v) is 6.79. The molecule has 2 N–H and O–H groups in total. The highest BCUT2D eigenvalue weighted by Gasteiger charge is 2.50. The lowest BCUT2D eigenvalue weighted by atomic mass is 9.49. The van der Waals surface area contributed by atoms with Gasteiger partial charge in [0.25, 0.3) is 0 Å². The van der Waals surface area contributed by atoms with E-state index >= 15 is 0 Å². The zero-order valence-electron chi connectivity index (χ0n) is 14.9. The van der Waals surface area contributed by atoms with Gasteiger partial charge in [-0.25, -0.2) is 0 Å². The van der Waals surface area contributed by atoms with Crippen LogP contribution in [-0.2, 0) is 9.59 Å². The van der Waals surface area contributed by atoms with Crippen LogP contribution in [0.2, 0.25) is 0 Å². The van der Waals surface area contributed by atoms with Crippen LogP contribution < -0.4 is 10.6 Å². The van der Waals surface area contributed by atoms with Crippen molar-refractivity contribution >= 4 is 23.2 Å².